The summed E-state index contributed by atoms with van der Waals surface area (Å²) in [6.45, 7) is 3.22. The van der Waals surface area contributed by atoms with Gasteiger partial charge in [0.1, 0.15) is 0 Å². The first-order valence-electron chi connectivity index (χ1n) is 6.30. The quantitative estimate of drug-likeness (QED) is 0.788. The maximum atomic E-state index is 11.9. The molecule has 1 amide bonds. The van der Waals surface area contributed by atoms with Crippen molar-refractivity contribution < 1.29 is 4.79 Å². The zero-order valence-electron chi connectivity index (χ0n) is 10.1. The van der Waals surface area contributed by atoms with Gasteiger partial charge in [0, 0.05) is 36.1 Å². The minimum atomic E-state index is 0.0822. The molecule has 1 saturated carbocycles. The Morgan fingerprint density at radius 1 is 1.50 bits per heavy atom. The maximum absolute atomic E-state index is 11.9. The first-order valence-corrected chi connectivity index (χ1v) is 7.46. The highest BCUT2D eigenvalue weighted by Gasteiger charge is 2.30. The van der Waals surface area contributed by atoms with E-state index in [1.165, 1.54) is 18.6 Å². The summed E-state index contributed by atoms with van der Waals surface area (Å²) in [6.07, 6.45) is 5.45. The van der Waals surface area contributed by atoms with Crippen molar-refractivity contribution in [1.82, 2.24) is 10.6 Å². The van der Waals surface area contributed by atoms with Crippen molar-refractivity contribution in [1.29, 1.82) is 0 Å². The zero-order valence-corrected chi connectivity index (χ0v) is 10.9. The maximum Gasteiger partial charge on any atom is 0.222 e. The first-order chi connectivity index (χ1) is 7.68. The van der Waals surface area contributed by atoms with Gasteiger partial charge in [-0.2, -0.15) is 11.8 Å². The van der Waals surface area contributed by atoms with Crippen LogP contribution in [-0.4, -0.2) is 35.5 Å². The van der Waals surface area contributed by atoms with Crippen LogP contribution in [0.5, 0.6) is 0 Å². The monoisotopic (exact) mass is 242 g/mol. The van der Waals surface area contributed by atoms with E-state index < -0.39 is 0 Å². The number of carbonyl (C=O) groups is 1. The number of rotatable bonds is 3. The Bertz CT molecular complexity index is 245. The topological polar surface area (TPSA) is 41.1 Å². The molecular weight excluding hydrogens is 220 g/mol. The standard InChI is InChI=1S/C12H22N2OS/c1-12(4-2-3-5-12)14-11(15)8-10-9-16-7-6-13-10/h10,13H,2-9H2,1H3,(H,14,15). The van der Waals surface area contributed by atoms with Crippen LogP contribution in [-0.2, 0) is 4.79 Å². The van der Waals surface area contributed by atoms with E-state index in [2.05, 4.69) is 17.6 Å². The van der Waals surface area contributed by atoms with E-state index in [0.717, 1.165) is 25.1 Å². The van der Waals surface area contributed by atoms with Crippen molar-refractivity contribution in [2.45, 2.75) is 50.6 Å². The van der Waals surface area contributed by atoms with Gasteiger partial charge in [0.15, 0.2) is 0 Å². The molecule has 1 unspecified atom stereocenters. The van der Waals surface area contributed by atoms with Crippen molar-refractivity contribution in [3.05, 3.63) is 0 Å². The summed E-state index contributed by atoms with van der Waals surface area (Å²) >= 11 is 1.94. The van der Waals surface area contributed by atoms with Crippen molar-refractivity contribution >= 4 is 17.7 Å². The molecule has 0 aromatic carbocycles. The van der Waals surface area contributed by atoms with Gasteiger partial charge in [-0.3, -0.25) is 4.79 Å². The lowest BCUT2D eigenvalue weighted by Gasteiger charge is -2.28. The van der Waals surface area contributed by atoms with E-state index in [0.29, 0.717) is 12.5 Å². The van der Waals surface area contributed by atoms with Crippen LogP contribution in [0.1, 0.15) is 39.0 Å². The summed E-state index contributed by atoms with van der Waals surface area (Å²) in [5.41, 5.74) is 0.0822. The number of carbonyl (C=O) groups excluding carboxylic acids is 1. The van der Waals surface area contributed by atoms with Gasteiger partial charge < -0.3 is 10.6 Å². The fourth-order valence-corrected chi connectivity index (χ4v) is 3.59. The van der Waals surface area contributed by atoms with Crippen molar-refractivity contribution in [2.75, 3.05) is 18.1 Å². The number of hydrogen-bond donors (Lipinski definition) is 2. The first kappa shape index (κ1) is 12.2. The van der Waals surface area contributed by atoms with Crippen molar-refractivity contribution in [3.8, 4) is 0 Å². The molecule has 1 aliphatic heterocycles. The van der Waals surface area contributed by atoms with Gasteiger partial charge in [0.25, 0.3) is 0 Å². The predicted molar refractivity (Wildman–Crippen MR) is 68.7 cm³/mol. The molecule has 1 aliphatic carbocycles. The Morgan fingerprint density at radius 2 is 2.25 bits per heavy atom. The van der Waals surface area contributed by atoms with E-state index in [1.54, 1.807) is 0 Å². The van der Waals surface area contributed by atoms with Crippen LogP contribution in [0.3, 0.4) is 0 Å². The normalized spacial score (nSPS) is 28.9. The fraction of sp³-hybridized carbons (Fsp3) is 0.917. The molecule has 2 rings (SSSR count). The van der Waals surface area contributed by atoms with Crippen molar-refractivity contribution in [3.63, 3.8) is 0 Å². The molecule has 92 valence electrons. The fourth-order valence-electron chi connectivity index (χ4n) is 2.64. The van der Waals surface area contributed by atoms with E-state index in [9.17, 15) is 4.79 Å². The largest absolute Gasteiger partial charge is 0.351 e. The number of hydrogen-bond acceptors (Lipinski definition) is 3. The molecule has 2 fully saturated rings. The molecule has 0 radical (unpaired) electrons. The average Bonchev–Trinajstić information content (AvgIpc) is 2.66. The lowest BCUT2D eigenvalue weighted by molar-refractivity contribution is -0.123. The summed E-state index contributed by atoms with van der Waals surface area (Å²) in [5.74, 6) is 2.48. The summed E-state index contributed by atoms with van der Waals surface area (Å²) in [5, 5.41) is 6.62. The minimum absolute atomic E-state index is 0.0822. The molecule has 0 bridgehead atoms. The lowest BCUT2D eigenvalue weighted by Crippen LogP contribution is -2.47. The van der Waals surface area contributed by atoms with Crippen LogP contribution >= 0.6 is 11.8 Å². The second-order valence-electron chi connectivity index (χ2n) is 5.25. The van der Waals surface area contributed by atoms with Crippen LogP contribution in [0.4, 0.5) is 0 Å². The van der Waals surface area contributed by atoms with Gasteiger partial charge in [0.2, 0.25) is 5.91 Å². The Balaban J connectivity index is 1.74. The molecule has 16 heavy (non-hydrogen) atoms. The number of thioether (sulfide) groups is 1. The van der Waals surface area contributed by atoms with Gasteiger partial charge in [-0.15, -0.1) is 0 Å². The molecule has 0 aromatic rings. The third-order valence-corrected chi connectivity index (χ3v) is 4.71. The second kappa shape index (κ2) is 5.41. The SMILES string of the molecule is CC1(NC(=O)CC2CSCCN2)CCCC1. The zero-order chi connectivity index (χ0) is 11.4. The van der Waals surface area contributed by atoms with Crippen molar-refractivity contribution in [2.24, 2.45) is 0 Å². The van der Waals surface area contributed by atoms with Crippen LogP contribution in [0.2, 0.25) is 0 Å². The molecule has 2 N–H and O–H groups in total. The van der Waals surface area contributed by atoms with E-state index in [1.807, 2.05) is 11.8 Å². The summed E-state index contributed by atoms with van der Waals surface area (Å²) in [6, 6.07) is 0.378. The molecule has 0 aromatic heterocycles. The third-order valence-electron chi connectivity index (χ3n) is 3.58. The number of amides is 1. The highest BCUT2D eigenvalue weighted by atomic mass is 32.2. The minimum Gasteiger partial charge on any atom is -0.351 e. The van der Waals surface area contributed by atoms with Gasteiger partial charge >= 0.3 is 0 Å². The molecule has 1 saturated heterocycles. The Hall–Kier alpha value is -0.220. The second-order valence-corrected chi connectivity index (χ2v) is 6.40. The Morgan fingerprint density at radius 3 is 2.88 bits per heavy atom. The van der Waals surface area contributed by atoms with E-state index >= 15 is 0 Å². The van der Waals surface area contributed by atoms with Gasteiger partial charge in [-0.05, 0) is 19.8 Å². The summed E-state index contributed by atoms with van der Waals surface area (Å²) in [7, 11) is 0. The molecule has 1 heterocycles. The molecule has 1 atom stereocenters. The number of nitrogens with one attached hydrogen (secondary N) is 2. The van der Waals surface area contributed by atoms with Crippen LogP contribution < -0.4 is 10.6 Å². The van der Waals surface area contributed by atoms with E-state index in [-0.39, 0.29) is 11.4 Å². The Labute approximate surface area is 102 Å². The van der Waals surface area contributed by atoms with Gasteiger partial charge in [-0.1, -0.05) is 12.8 Å². The molecule has 2 aliphatic rings. The molecule has 3 nitrogen and oxygen atoms in total. The highest BCUT2D eigenvalue weighted by molar-refractivity contribution is 7.99. The summed E-state index contributed by atoms with van der Waals surface area (Å²) < 4.78 is 0. The molecule has 0 spiro atoms. The van der Waals surface area contributed by atoms with Crippen LogP contribution in [0.25, 0.3) is 0 Å². The van der Waals surface area contributed by atoms with Gasteiger partial charge in [-0.25, -0.2) is 0 Å². The highest BCUT2D eigenvalue weighted by Crippen LogP contribution is 2.29. The van der Waals surface area contributed by atoms with Gasteiger partial charge in [0.05, 0.1) is 0 Å². The average molecular weight is 242 g/mol. The Kier molecular flexibility index (Phi) is 4.14. The lowest BCUT2D eigenvalue weighted by atomic mass is 10.0. The third kappa shape index (κ3) is 3.39. The van der Waals surface area contributed by atoms with Crippen LogP contribution in [0.15, 0.2) is 0 Å². The smallest absolute Gasteiger partial charge is 0.222 e. The summed E-state index contributed by atoms with van der Waals surface area (Å²) in [4.78, 5) is 11.9. The predicted octanol–water partition coefficient (Wildman–Crippen LogP) is 1.53. The molecular formula is C12H22N2OS. The van der Waals surface area contributed by atoms with Crippen LogP contribution in [0, 0.1) is 0 Å². The molecule has 4 heteroatoms. The van der Waals surface area contributed by atoms with E-state index in [4.69, 9.17) is 0 Å².